The number of hydrogen-bond acceptors (Lipinski definition) is 4. The Hall–Kier alpha value is -1.36. The molecule has 0 spiro atoms. The highest BCUT2D eigenvalue weighted by Crippen LogP contribution is 2.22. The van der Waals surface area contributed by atoms with Crippen LogP contribution in [0.2, 0.25) is 0 Å². The lowest BCUT2D eigenvalue weighted by atomic mass is 10.2. The second kappa shape index (κ2) is 4.65. The molecule has 0 bridgehead atoms. The van der Waals surface area contributed by atoms with Gasteiger partial charge in [0.2, 0.25) is 0 Å². The third-order valence-electron chi connectivity index (χ3n) is 2.37. The third-order valence-corrected chi connectivity index (χ3v) is 3.47. The monoisotopic (exact) mass is 235 g/mol. The molecule has 1 unspecified atom stereocenters. The topological polar surface area (TPSA) is 47.3 Å². The van der Waals surface area contributed by atoms with E-state index in [0.29, 0.717) is 6.42 Å². The zero-order chi connectivity index (χ0) is 11.5. The van der Waals surface area contributed by atoms with Gasteiger partial charge in [0.05, 0.1) is 5.25 Å². The average molecular weight is 235 g/mol. The average Bonchev–Trinajstić information content (AvgIpc) is 2.72. The molecular weight excluding hydrogens is 222 g/mol. The quantitative estimate of drug-likeness (QED) is 0.762. The van der Waals surface area contributed by atoms with Crippen molar-refractivity contribution in [1.82, 2.24) is 14.6 Å². The lowest BCUT2D eigenvalue weighted by Gasteiger charge is -2.06. The highest BCUT2D eigenvalue weighted by molar-refractivity contribution is 8.00. The number of aromatic nitrogens is 3. The van der Waals surface area contributed by atoms with Crippen LogP contribution in [0.1, 0.15) is 20.3 Å². The molecule has 1 atom stereocenters. The van der Waals surface area contributed by atoms with Crippen molar-refractivity contribution in [2.24, 2.45) is 0 Å². The molecule has 5 heteroatoms. The van der Waals surface area contributed by atoms with Gasteiger partial charge in [-0.2, -0.15) is 0 Å². The predicted octanol–water partition coefficient (Wildman–Crippen LogP) is 2.19. The molecule has 0 N–H and O–H groups in total. The molecule has 0 radical (unpaired) electrons. The number of ketones is 1. The molecule has 4 nitrogen and oxygen atoms in total. The van der Waals surface area contributed by atoms with E-state index in [1.807, 2.05) is 42.6 Å². The summed E-state index contributed by atoms with van der Waals surface area (Å²) in [5, 5.41) is 8.81. The van der Waals surface area contributed by atoms with Gasteiger partial charge in [-0.25, -0.2) is 0 Å². The highest BCUT2D eigenvalue weighted by atomic mass is 32.2. The zero-order valence-electron chi connectivity index (χ0n) is 9.25. The maximum absolute atomic E-state index is 11.5. The van der Waals surface area contributed by atoms with E-state index in [2.05, 4.69) is 10.2 Å². The van der Waals surface area contributed by atoms with Crippen molar-refractivity contribution in [2.45, 2.75) is 30.7 Å². The lowest BCUT2D eigenvalue weighted by Crippen LogP contribution is -2.11. The summed E-state index contributed by atoms with van der Waals surface area (Å²) in [5.74, 6) is 0.234. The van der Waals surface area contributed by atoms with Crippen LogP contribution >= 0.6 is 11.8 Å². The van der Waals surface area contributed by atoms with Crippen LogP contribution in [0.4, 0.5) is 0 Å². The molecule has 2 aromatic rings. The van der Waals surface area contributed by atoms with Crippen LogP contribution in [0.15, 0.2) is 29.6 Å². The van der Waals surface area contributed by atoms with Gasteiger partial charge < -0.3 is 0 Å². The normalized spacial score (nSPS) is 12.9. The summed E-state index contributed by atoms with van der Waals surface area (Å²) in [5.41, 5.74) is 0.807. The minimum absolute atomic E-state index is 0.0717. The van der Waals surface area contributed by atoms with Crippen molar-refractivity contribution in [3.8, 4) is 0 Å². The van der Waals surface area contributed by atoms with Crippen molar-refractivity contribution in [3.05, 3.63) is 24.4 Å². The van der Waals surface area contributed by atoms with E-state index in [9.17, 15) is 4.79 Å². The maximum Gasteiger partial charge on any atom is 0.196 e. The molecule has 2 rings (SSSR count). The minimum atomic E-state index is -0.0717. The molecule has 0 saturated heterocycles. The Morgan fingerprint density at radius 2 is 2.31 bits per heavy atom. The van der Waals surface area contributed by atoms with E-state index in [0.717, 1.165) is 10.8 Å². The molecule has 0 aromatic carbocycles. The standard InChI is InChI=1S/C11H13N3OS/c1-3-9(15)8(2)16-11-13-12-10-6-4-5-7-14(10)11/h4-8H,3H2,1-2H3. The molecule has 0 amide bonds. The fraction of sp³-hybridized carbons (Fsp3) is 0.364. The van der Waals surface area contributed by atoms with Crippen LogP contribution in [-0.2, 0) is 4.79 Å². The second-order valence-electron chi connectivity index (χ2n) is 3.49. The summed E-state index contributed by atoms with van der Waals surface area (Å²) >= 11 is 1.45. The molecule has 0 saturated carbocycles. The molecule has 16 heavy (non-hydrogen) atoms. The van der Waals surface area contributed by atoms with Gasteiger partial charge in [0.25, 0.3) is 0 Å². The summed E-state index contributed by atoms with van der Waals surface area (Å²) in [6.07, 6.45) is 2.46. The Bertz CT molecular complexity index is 509. The van der Waals surface area contributed by atoms with E-state index in [4.69, 9.17) is 0 Å². The largest absolute Gasteiger partial charge is 0.298 e. The maximum atomic E-state index is 11.5. The van der Waals surface area contributed by atoms with Gasteiger partial charge in [-0.1, -0.05) is 24.8 Å². The van der Waals surface area contributed by atoms with Crippen LogP contribution < -0.4 is 0 Å². The van der Waals surface area contributed by atoms with Gasteiger partial charge in [0.1, 0.15) is 5.78 Å². The van der Waals surface area contributed by atoms with Gasteiger partial charge in [0.15, 0.2) is 10.8 Å². The van der Waals surface area contributed by atoms with Crippen molar-refractivity contribution in [3.63, 3.8) is 0 Å². The molecule has 0 fully saturated rings. The van der Waals surface area contributed by atoms with Crippen molar-refractivity contribution < 1.29 is 4.79 Å². The first-order valence-electron chi connectivity index (χ1n) is 5.21. The van der Waals surface area contributed by atoms with Gasteiger partial charge in [0, 0.05) is 12.6 Å². The Morgan fingerprint density at radius 1 is 1.50 bits per heavy atom. The second-order valence-corrected chi connectivity index (χ2v) is 4.80. The first-order valence-corrected chi connectivity index (χ1v) is 6.09. The number of rotatable bonds is 4. The van der Waals surface area contributed by atoms with Crippen LogP contribution in [0.25, 0.3) is 5.65 Å². The van der Waals surface area contributed by atoms with Crippen LogP contribution in [-0.4, -0.2) is 25.6 Å². The van der Waals surface area contributed by atoms with Crippen molar-refractivity contribution >= 4 is 23.2 Å². The fourth-order valence-electron chi connectivity index (χ4n) is 1.41. The lowest BCUT2D eigenvalue weighted by molar-refractivity contribution is -0.118. The first-order chi connectivity index (χ1) is 7.72. The number of thioether (sulfide) groups is 1. The smallest absolute Gasteiger partial charge is 0.196 e. The summed E-state index contributed by atoms with van der Waals surface area (Å²) in [4.78, 5) is 11.5. The summed E-state index contributed by atoms with van der Waals surface area (Å²) in [7, 11) is 0. The van der Waals surface area contributed by atoms with Crippen LogP contribution in [0.3, 0.4) is 0 Å². The first kappa shape index (κ1) is 11.1. The molecule has 2 aromatic heterocycles. The number of fused-ring (bicyclic) bond motifs is 1. The van der Waals surface area contributed by atoms with Crippen molar-refractivity contribution in [2.75, 3.05) is 0 Å². The fourth-order valence-corrected chi connectivity index (χ4v) is 2.38. The van der Waals surface area contributed by atoms with E-state index in [1.165, 1.54) is 11.8 Å². The number of carbonyl (C=O) groups is 1. The summed E-state index contributed by atoms with van der Waals surface area (Å²) in [6, 6.07) is 5.73. The molecule has 0 aliphatic carbocycles. The van der Waals surface area contributed by atoms with E-state index in [1.54, 1.807) is 0 Å². The minimum Gasteiger partial charge on any atom is -0.298 e. The predicted molar refractivity (Wildman–Crippen MR) is 63.6 cm³/mol. The van der Waals surface area contributed by atoms with E-state index >= 15 is 0 Å². The van der Waals surface area contributed by atoms with Gasteiger partial charge in [-0.15, -0.1) is 10.2 Å². The Kier molecular flexibility index (Phi) is 3.24. The molecule has 0 aliphatic rings. The molecule has 2 heterocycles. The highest BCUT2D eigenvalue weighted by Gasteiger charge is 2.15. The zero-order valence-corrected chi connectivity index (χ0v) is 10.1. The van der Waals surface area contributed by atoms with Gasteiger partial charge >= 0.3 is 0 Å². The van der Waals surface area contributed by atoms with Crippen molar-refractivity contribution in [1.29, 1.82) is 0 Å². The molecular formula is C11H13N3OS. The Labute approximate surface area is 98.1 Å². The number of pyridine rings is 1. The number of nitrogens with zero attached hydrogens (tertiary/aromatic N) is 3. The van der Waals surface area contributed by atoms with Gasteiger partial charge in [-0.05, 0) is 19.1 Å². The third kappa shape index (κ3) is 2.09. The Morgan fingerprint density at radius 3 is 3.06 bits per heavy atom. The summed E-state index contributed by atoms with van der Waals surface area (Å²) < 4.78 is 1.89. The van der Waals surface area contributed by atoms with Crippen LogP contribution in [0, 0.1) is 0 Å². The number of Topliss-reactive ketones (excluding diaryl/α,β-unsaturated/α-hetero) is 1. The molecule has 0 aliphatic heterocycles. The van der Waals surface area contributed by atoms with Crippen LogP contribution in [0.5, 0.6) is 0 Å². The number of hydrogen-bond donors (Lipinski definition) is 0. The SMILES string of the molecule is CCC(=O)C(C)Sc1nnc2ccccn12. The Balaban J connectivity index is 2.24. The number of carbonyl (C=O) groups excluding carboxylic acids is 1. The summed E-state index contributed by atoms with van der Waals surface area (Å²) in [6.45, 7) is 3.78. The van der Waals surface area contributed by atoms with Gasteiger partial charge in [-0.3, -0.25) is 9.20 Å². The van der Waals surface area contributed by atoms with E-state index in [-0.39, 0.29) is 11.0 Å². The molecule has 84 valence electrons. The van der Waals surface area contributed by atoms with E-state index < -0.39 is 0 Å².